The van der Waals surface area contributed by atoms with E-state index in [1.165, 1.54) is 10.9 Å². The first-order valence-corrected chi connectivity index (χ1v) is 8.52. The Bertz CT molecular complexity index is 913. The Morgan fingerprint density at radius 1 is 1.26 bits per heavy atom. The molecule has 0 radical (unpaired) electrons. The van der Waals surface area contributed by atoms with Gasteiger partial charge in [0.15, 0.2) is 0 Å². The summed E-state index contributed by atoms with van der Waals surface area (Å²) in [6.45, 7) is 2.25. The Morgan fingerprint density at radius 3 is 2.74 bits per heavy atom. The minimum absolute atomic E-state index is 0.178. The summed E-state index contributed by atoms with van der Waals surface area (Å²) < 4.78 is 30.8. The first-order valence-electron chi connectivity index (χ1n) is 7.03. The van der Waals surface area contributed by atoms with Crippen LogP contribution in [-0.4, -0.2) is 28.0 Å². The molecule has 120 valence electrons. The molecular formula is C15H17N5O2S. The number of anilines is 1. The lowest BCUT2D eigenvalue weighted by atomic mass is 10.2. The summed E-state index contributed by atoms with van der Waals surface area (Å²) in [6.07, 6.45) is 5.05. The predicted octanol–water partition coefficient (Wildman–Crippen LogP) is 1.77. The Kier molecular flexibility index (Phi) is 3.91. The first-order chi connectivity index (χ1) is 10.9. The van der Waals surface area contributed by atoms with Gasteiger partial charge in [-0.1, -0.05) is 12.1 Å². The smallest absolute Gasteiger partial charge is 0.265 e. The van der Waals surface area contributed by atoms with Crippen LogP contribution in [0.5, 0.6) is 0 Å². The van der Waals surface area contributed by atoms with Crippen LogP contribution < -0.4 is 4.72 Å². The van der Waals surface area contributed by atoms with E-state index in [-0.39, 0.29) is 4.90 Å². The number of nitrogens with zero attached hydrogens (tertiary/aromatic N) is 4. The molecule has 0 saturated carbocycles. The highest BCUT2D eigenvalue weighted by atomic mass is 32.2. The van der Waals surface area contributed by atoms with E-state index in [0.717, 1.165) is 5.56 Å². The maximum atomic E-state index is 12.5. The maximum absolute atomic E-state index is 12.5. The van der Waals surface area contributed by atoms with Crippen molar-refractivity contribution in [3.8, 4) is 0 Å². The van der Waals surface area contributed by atoms with Gasteiger partial charge < -0.3 is 0 Å². The molecule has 0 atom stereocenters. The van der Waals surface area contributed by atoms with Crippen molar-refractivity contribution in [3.63, 3.8) is 0 Å². The largest absolute Gasteiger partial charge is 0.280 e. The van der Waals surface area contributed by atoms with Crippen LogP contribution in [0.4, 0.5) is 5.69 Å². The van der Waals surface area contributed by atoms with Gasteiger partial charge in [-0.3, -0.25) is 14.1 Å². The SMILES string of the molecule is Cc1nn(C)cc1S(=O)(=O)Nc1cccc(Cn2cccn2)c1. The maximum Gasteiger partial charge on any atom is 0.265 e. The normalized spacial score (nSPS) is 11.6. The Hall–Kier alpha value is -2.61. The van der Waals surface area contributed by atoms with E-state index in [2.05, 4.69) is 14.9 Å². The molecule has 0 spiro atoms. The highest BCUT2D eigenvalue weighted by molar-refractivity contribution is 7.92. The van der Waals surface area contributed by atoms with Crippen LogP contribution in [0.2, 0.25) is 0 Å². The summed E-state index contributed by atoms with van der Waals surface area (Å²) in [6, 6.07) is 9.10. The van der Waals surface area contributed by atoms with E-state index < -0.39 is 10.0 Å². The lowest BCUT2D eigenvalue weighted by Gasteiger charge is -2.09. The van der Waals surface area contributed by atoms with Crippen molar-refractivity contribution in [2.45, 2.75) is 18.4 Å². The number of hydrogen-bond acceptors (Lipinski definition) is 4. The molecule has 0 fully saturated rings. The summed E-state index contributed by atoms with van der Waals surface area (Å²) in [7, 11) is -1.97. The van der Waals surface area contributed by atoms with Crippen LogP contribution >= 0.6 is 0 Å². The van der Waals surface area contributed by atoms with Gasteiger partial charge in [0.05, 0.1) is 12.2 Å². The molecule has 3 aromatic rings. The number of aryl methyl sites for hydroxylation is 2. The van der Waals surface area contributed by atoms with Crippen LogP contribution in [0.3, 0.4) is 0 Å². The van der Waals surface area contributed by atoms with E-state index in [1.807, 2.05) is 24.4 Å². The fraction of sp³-hybridized carbons (Fsp3) is 0.200. The minimum atomic E-state index is -3.66. The van der Waals surface area contributed by atoms with E-state index in [0.29, 0.717) is 17.9 Å². The number of sulfonamides is 1. The standard InChI is InChI=1S/C15H17N5O2S/c1-12-15(11-19(2)17-12)23(21,22)18-14-6-3-5-13(9-14)10-20-8-4-7-16-20/h3-9,11,18H,10H2,1-2H3. The molecule has 0 saturated heterocycles. The molecule has 7 nitrogen and oxygen atoms in total. The van der Waals surface area contributed by atoms with Crippen molar-refractivity contribution >= 4 is 15.7 Å². The van der Waals surface area contributed by atoms with Gasteiger partial charge in [-0.25, -0.2) is 8.42 Å². The van der Waals surface area contributed by atoms with Gasteiger partial charge in [-0.05, 0) is 30.7 Å². The lowest BCUT2D eigenvalue weighted by Crippen LogP contribution is -2.13. The number of hydrogen-bond donors (Lipinski definition) is 1. The molecule has 8 heteroatoms. The zero-order valence-electron chi connectivity index (χ0n) is 12.8. The van der Waals surface area contributed by atoms with Gasteiger partial charge >= 0.3 is 0 Å². The fourth-order valence-corrected chi connectivity index (χ4v) is 3.63. The quantitative estimate of drug-likeness (QED) is 0.772. The Balaban J connectivity index is 1.84. The van der Waals surface area contributed by atoms with Gasteiger partial charge in [0.1, 0.15) is 4.90 Å². The van der Waals surface area contributed by atoms with Crippen molar-refractivity contribution in [2.75, 3.05) is 4.72 Å². The van der Waals surface area contributed by atoms with Gasteiger partial charge in [-0.2, -0.15) is 10.2 Å². The average Bonchev–Trinajstić information content (AvgIpc) is 3.08. The van der Waals surface area contributed by atoms with Crippen LogP contribution in [-0.2, 0) is 23.6 Å². The summed E-state index contributed by atoms with van der Waals surface area (Å²) >= 11 is 0. The molecule has 0 bridgehead atoms. The third kappa shape index (κ3) is 3.42. The summed E-state index contributed by atoms with van der Waals surface area (Å²) in [5.41, 5.74) is 1.93. The molecule has 1 aromatic carbocycles. The number of benzene rings is 1. The second-order valence-corrected chi connectivity index (χ2v) is 6.91. The summed E-state index contributed by atoms with van der Waals surface area (Å²) in [5, 5.41) is 8.22. The predicted molar refractivity (Wildman–Crippen MR) is 86.5 cm³/mol. The van der Waals surface area contributed by atoms with E-state index in [1.54, 1.807) is 37.0 Å². The second kappa shape index (κ2) is 5.88. The second-order valence-electron chi connectivity index (χ2n) is 5.26. The van der Waals surface area contributed by atoms with Gasteiger partial charge in [0.2, 0.25) is 0 Å². The molecule has 0 aliphatic carbocycles. The number of aromatic nitrogens is 4. The molecule has 2 heterocycles. The zero-order chi connectivity index (χ0) is 16.4. The lowest BCUT2D eigenvalue weighted by molar-refractivity contribution is 0.600. The third-order valence-electron chi connectivity index (χ3n) is 3.34. The third-order valence-corrected chi connectivity index (χ3v) is 4.83. The van der Waals surface area contributed by atoms with Gasteiger partial charge in [0.25, 0.3) is 10.0 Å². The van der Waals surface area contributed by atoms with Crippen LogP contribution in [0.15, 0.2) is 53.8 Å². The topological polar surface area (TPSA) is 81.8 Å². The first kappa shape index (κ1) is 15.3. The van der Waals surface area contributed by atoms with E-state index >= 15 is 0 Å². The molecule has 0 unspecified atom stereocenters. The zero-order valence-corrected chi connectivity index (χ0v) is 13.7. The highest BCUT2D eigenvalue weighted by Gasteiger charge is 2.19. The number of rotatable bonds is 5. The molecule has 0 amide bonds. The van der Waals surface area contributed by atoms with Crippen molar-refractivity contribution in [3.05, 3.63) is 60.2 Å². The van der Waals surface area contributed by atoms with Crippen molar-refractivity contribution in [1.29, 1.82) is 0 Å². The summed E-state index contributed by atoms with van der Waals surface area (Å²) in [5.74, 6) is 0. The molecule has 0 aliphatic rings. The van der Waals surface area contributed by atoms with Gasteiger partial charge in [0, 0.05) is 31.3 Å². The molecule has 1 N–H and O–H groups in total. The number of nitrogens with one attached hydrogen (secondary N) is 1. The molecular weight excluding hydrogens is 314 g/mol. The van der Waals surface area contributed by atoms with E-state index in [4.69, 9.17) is 0 Å². The fourth-order valence-electron chi connectivity index (χ4n) is 2.37. The molecule has 23 heavy (non-hydrogen) atoms. The monoisotopic (exact) mass is 331 g/mol. The van der Waals surface area contributed by atoms with Crippen molar-refractivity contribution in [1.82, 2.24) is 19.6 Å². The molecule has 3 rings (SSSR count). The Morgan fingerprint density at radius 2 is 2.09 bits per heavy atom. The molecule has 0 aliphatic heterocycles. The summed E-state index contributed by atoms with van der Waals surface area (Å²) in [4.78, 5) is 0.178. The highest BCUT2D eigenvalue weighted by Crippen LogP contribution is 2.19. The van der Waals surface area contributed by atoms with E-state index in [9.17, 15) is 8.42 Å². The minimum Gasteiger partial charge on any atom is -0.280 e. The van der Waals surface area contributed by atoms with Crippen LogP contribution in [0.1, 0.15) is 11.3 Å². The van der Waals surface area contributed by atoms with Crippen LogP contribution in [0, 0.1) is 6.92 Å². The van der Waals surface area contributed by atoms with Crippen molar-refractivity contribution in [2.24, 2.45) is 7.05 Å². The van der Waals surface area contributed by atoms with Gasteiger partial charge in [-0.15, -0.1) is 0 Å². The van der Waals surface area contributed by atoms with Crippen LogP contribution in [0.25, 0.3) is 0 Å². The Labute approximate surface area is 134 Å². The van der Waals surface area contributed by atoms with Crippen molar-refractivity contribution < 1.29 is 8.42 Å². The average molecular weight is 331 g/mol. The molecule has 2 aromatic heterocycles.